The van der Waals surface area contributed by atoms with Crippen LogP contribution in [0.4, 0.5) is 0 Å². The van der Waals surface area contributed by atoms with E-state index >= 15 is 0 Å². The van der Waals surface area contributed by atoms with Gasteiger partial charge in [-0.15, -0.1) is 0 Å². The van der Waals surface area contributed by atoms with Crippen molar-refractivity contribution in [3.63, 3.8) is 0 Å². The van der Waals surface area contributed by atoms with Crippen LogP contribution in [0.25, 0.3) is 0 Å². The molecule has 4 nitrogen and oxygen atoms in total. The third kappa shape index (κ3) is 5.23. The van der Waals surface area contributed by atoms with Gasteiger partial charge in [0.2, 0.25) is 10.0 Å². The highest BCUT2D eigenvalue weighted by Gasteiger charge is 2.27. The molecular weight excluding hydrogens is 190 g/mol. The van der Waals surface area contributed by atoms with Crippen LogP contribution in [-0.2, 0) is 14.9 Å². The number of hydrogen-bond donors (Lipinski definition) is 1. The van der Waals surface area contributed by atoms with E-state index in [0.29, 0.717) is 18.4 Å². The van der Waals surface area contributed by atoms with E-state index in [1.807, 2.05) is 13.8 Å². The van der Waals surface area contributed by atoms with Gasteiger partial charge in [-0.3, -0.25) is 4.84 Å². The largest absolute Gasteiger partial charge is 0.287 e. The smallest absolute Gasteiger partial charge is 0.233 e. The van der Waals surface area contributed by atoms with Gasteiger partial charge in [0, 0.05) is 0 Å². The van der Waals surface area contributed by atoms with Crippen LogP contribution < -0.4 is 4.89 Å². The minimum absolute atomic E-state index is 0.213. The molecule has 1 fully saturated rings. The molecule has 0 aromatic rings. The maximum absolute atomic E-state index is 11.2. The van der Waals surface area contributed by atoms with E-state index < -0.39 is 10.0 Å². The zero-order chi connectivity index (χ0) is 9.90. The fourth-order valence-electron chi connectivity index (χ4n) is 0.919. The van der Waals surface area contributed by atoms with Crippen LogP contribution in [0, 0.1) is 11.8 Å². The van der Waals surface area contributed by atoms with Crippen LogP contribution in [0.3, 0.4) is 0 Å². The second kappa shape index (κ2) is 4.39. The predicted molar refractivity (Wildman–Crippen MR) is 50.4 cm³/mol. The van der Waals surface area contributed by atoms with Crippen molar-refractivity contribution >= 4 is 10.0 Å². The normalized spacial score (nSPS) is 18.1. The summed E-state index contributed by atoms with van der Waals surface area (Å²) in [5, 5.41) is 0. The SMILES string of the molecule is CC(C)CONS(=O)(=O)CC1CC1. The van der Waals surface area contributed by atoms with Crippen molar-refractivity contribution in [1.29, 1.82) is 0 Å². The third-order valence-corrected chi connectivity index (χ3v) is 3.04. The fourth-order valence-corrected chi connectivity index (χ4v) is 2.19. The van der Waals surface area contributed by atoms with E-state index in [2.05, 4.69) is 4.89 Å². The van der Waals surface area contributed by atoms with E-state index in [0.717, 1.165) is 12.8 Å². The lowest BCUT2D eigenvalue weighted by molar-refractivity contribution is 0.0718. The van der Waals surface area contributed by atoms with E-state index in [4.69, 9.17) is 4.84 Å². The van der Waals surface area contributed by atoms with Crippen molar-refractivity contribution in [2.75, 3.05) is 12.4 Å². The molecule has 1 saturated carbocycles. The summed E-state index contributed by atoms with van der Waals surface area (Å²) in [6, 6.07) is 0. The molecule has 0 heterocycles. The summed E-state index contributed by atoms with van der Waals surface area (Å²) in [5.74, 6) is 0.911. The molecule has 0 aromatic heterocycles. The standard InChI is InChI=1S/C8H17NO3S/c1-7(2)5-12-9-13(10,11)6-8-3-4-8/h7-9H,3-6H2,1-2H3. The van der Waals surface area contributed by atoms with Gasteiger partial charge >= 0.3 is 0 Å². The number of rotatable bonds is 6. The van der Waals surface area contributed by atoms with Crippen LogP contribution >= 0.6 is 0 Å². The van der Waals surface area contributed by atoms with Gasteiger partial charge in [-0.2, -0.15) is 0 Å². The maximum atomic E-state index is 11.2. The topological polar surface area (TPSA) is 55.4 Å². The average molecular weight is 207 g/mol. The molecule has 1 aliphatic carbocycles. The highest BCUT2D eigenvalue weighted by molar-refractivity contribution is 7.89. The lowest BCUT2D eigenvalue weighted by Crippen LogP contribution is -2.28. The molecule has 13 heavy (non-hydrogen) atoms. The van der Waals surface area contributed by atoms with Gasteiger partial charge in [0.25, 0.3) is 0 Å². The molecule has 0 unspecified atom stereocenters. The molecule has 78 valence electrons. The summed E-state index contributed by atoms with van der Waals surface area (Å²) >= 11 is 0. The Balaban J connectivity index is 2.17. The minimum Gasteiger partial charge on any atom is -0.287 e. The van der Waals surface area contributed by atoms with Crippen LogP contribution in [0.1, 0.15) is 26.7 Å². The third-order valence-electron chi connectivity index (χ3n) is 1.75. The molecule has 0 atom stereocenters. The number of nitrogens with one attached hydrogen (secondary N) is 1. The Labute approximate surface area is 79.7 Å². The minimum atomic E-state index is -3.19. The molecule has 0 radical (unpaired) electrons. The van der Waals surface area contributed by atoms with Crippen LogP contribution in [0.15, 0.2) is 0 Å². The van der Waals surface area contributed by atoms with E-state index in [9.17, 15) is 8.42 Å². The first-order valence-electron chi connectivity index (χ1n) is 4.61. The first kappa shape index (κ1) is 10.9. The Kier molecular flexibility index (Phi) is 3.70. The molecule has 0 aromatic carbocycles. The molecule has 0 bridgehead atoms. The molecule has 1 N–H and O–H groups in total. The van der Waals surface area contributed by atoms with Crippen molar-refractivity contribution < 1.29 is 13.3 Å². The Bertz CT molecular complexity index is 244. The summed E-state index contributed by atoms with van der Waals surface area (Å²) in [7, 11) is -3.19. The molecule has 1 rings (SSSR count). The summed E-state index contributed by atoms with van der Waals surface area (Å²) in [4.78, 5) is 6.98. The van der Waals surface area contributed by atoms with Crippen LogP contribution in [0.5, 0.6) is 0 Å². The quantitative estimate of drug-likeness (QED) is 0.658. The molecule has 1 aliphatic rings. The number of hydrogen-bond acceptors (Lipinski definition) is 3. The zero-order valence-corrected chi connectivity index (χ0v) is 8.93. The zero-order valence-electron chi connectivity index (χ0n) is 8.12. The van der Waals surface area contributed by atoms with Gasteiger partial charge < -0.3 is 0 Å². The van der Waals surface area contributed by atoms with Gasteiger partial charge in [0.05, 0.1) is 12.4 Å². The second-order valence-electron chi connectivity index (χ2n) is 4.01. The van der Waals surface area contributed by atoms with Crippen molar-refractivity contribution in [1.82, 2.24) is 4.89 Å². The van der Waals surface area contributed by atoms with Crippen molar-refractivity contribution in [2.24, 2.45) is 11.8 Å². The van der Waals surface area contributed by atoms with Gasteiger partial charge in [-0.25, -0.2) is 8.42 Å². The lowest BCUT2D eigenvalue weighted by Gasteiger charge is -2.07. The maximum Gasteiger partial charge on any atom is 0.233 e. The Morgan fingerprint density at radius 1 is 1.46 bits per heavy atom. The lowest BCUT2D eigenvalue weighted by atomic mass is 10.2. The highest BCUT2D eigenvalue weighted by Crippen LogP contribution is 2.29. The molecular formula is C8H17NO3S. The van der Waals surface area contributed by atoms with Gasteiger partial charge in [-0.05, 0) is 24.7 Å². The summed E-state index contributed by atoms with van der Waals surface area (Å²) < 4.78 is 22.5. The monoisotopic (exact) mass is 207 g/mol. The Morgan fingerprint density at radius 2 is 2.08 bits per heavy atom. The molecule has 0 aliphatic heterocycles. The molecule has 0 amide bonds. The predicted octanol–water partition coefficient (Wildman–Crippen LogP) is 0.903. The Hall–Kier alpha value is -0.130. The van der Waals surface area contributed by atoms with Crippen molar-refractivity contribution in [2.45, 2.75) is 26.7 Å². The number of sulfonamides is 1. The van der Waals surface area contributed by atoms with E-state index in [-0.39, 0.29) is 5.75 Å². The fraction of sp³-hybridized carbons (Fsp3) is 1.00. The van der Waals surface area contributed by atoms with Crippen molar-refractivity contribution in [3.8, 4) is 0 Å². The van der Waals surface area contributed by atoms with Crippen molar-refractivity contribution in [3.05, 3.63) is 0 Å². The van der Waals surface area contributed by atoms with Gasteiger partial charge in [0.15, 0.2) is 0 Å². The molecule has 0 spiro atoms. The first-order valence-corrected chi connectivity index (χ1v) is 6.26. The summed E-state index contributed by atoms with van der Waals surface area (Å²) in [6.07, 6.45) is 2.07. The van der Waals surface area contributed by atoms with Gasteiger partial charge in [0.1, 0.15) is 0 Å². The first-order chi connectivity index (χ1) is 5.99. The summed E-state index contributed by atoms with van der Waals surface area (Å²) in [6.45, 7) is 4.36. The summed E-state index contributed by atoms with van der Waals surface area (Å²) in [5.41, 5.74) is 0. The van der Waals surface area contributed by atoms with Crippen LogP contribution in [0.2, 0.25) is 0 Å². The second-order valence-corrected chi connectivity index (χ2v) is 5.74. The Morgan fingerprint density at radius 3 is 2.54 bits per heavy atom. The molecule has 0 saturated heterocycles. The van der Waals surface area contributed by atoms with Gasteiger partial charge in [-0.1, -0.05) is 18.7 Å². The van der Waals surface area contributed by atoms with E-state index in [1.165, 1.54) is 0 Å². The van der Waals surface area contributed by atoms with E-state index in [1.54, 1.807) is 0 Å². The average Bonchev–Trinajstić information content (AvgIpc) is 2.68. The van der Waals surface area contributed by atoms with Crippen LogP contribution in [-0.4, -0.2) is 20.8 Å². The molecule has 5 heteroatoms. The highest BCUT2D eigenvalue weighted by atomic mass is 32.2.